The van der Waals surface area contributed by atoms with Crippen LogP contribution in [0.25, 0.3) is 0 Å². The van der Waals surface area contributed by atoms with Crippen LogP contribution in [0.3, 0.4) is 0 Å². The van der Waals surface area contributed by atoms with Crippen LogP contribution in [0, 0.1) is 0 Å². The van der Waals surface area contributed by atoms with E-state index in [1.54, 1.807) is 16.4 Å². The Bertz CT molecular complexity index is 946. The molecule has 1 amide bonds. The number of amides is 1. The summed E-state index contributed by atoms with van der Waals surface area (Å²) in [4.78, 5) is 15.5. The minimum atomic E-state index is -3.44. The van der Waals surface area contributed by atoms with Crippen LogP contribution in [0.4, 0.5) is 11.4 Å². The van der Waals surface area contributed by atoms with Crippen molar-refractivity contribution in [2.45, 2.75) is 56.7 Å². The highest BCUT2D eigenvalue weighted by Gasteiger charge is 2.27. The van der Waals surface area contributed by atoms with Gasteiger partial charge in [-0.1, -0.05) is 6.42 Å². The number of rotatable bonds is 8. The number of carbonyl (C=O) groups is 1. The highest BCUT2D eigenvalue weighted by Crippen LogP contribution is 2.27. The number of nitrogens with zero attached hydrogens (tertiary/aromatic N) is 2. The first-order valence-corrected chi connectivity index (χ1v) is 12.8. The van der Waals surface area contributed by atoms with E-state index in [-0.39, 0.29) is 12.3 Å². The molecule has 2 heterocycles. The minimum absolute atomic E-state index is 0.150. The molecule has 1 N–H and O–H groups in total. The lowest BCUT2D eigenvalue weighted by Gasteiger charge is -2.27. The second-order valence-corrected chi connectivity index (χ2v) is 11.2. The van der Waals surface area contributed by atoms with Gasteiger partial charge < -0.3 is 10.2 Å². The Labute approximate surface area is 183 Å². The number of benzene rings is 1. The van der Waals surface area contributed by atoms with Crippen LogP contribution in [0.1, 0.15) is 44.9 Å². The summed E-state index contributed by atoms with van der Waals surface area (Å²) >= 11 is 1.19. The Balaban J connectivity index is 1.60. The van der Waals surface area contributed by atoms with Gasteiger partial charge in [0.2, 0.25) is 5.91 Å². The van der Waals surface area contributed by atoms with E-state index in [0.717, 1.165) is 42.1 Å². The lowest BCUT2D eigenvalue weighted by molar-refractivity contribution is -0.115. The predicted molar refractivity (Wildman–Crippen MR) is 124 cm³/mol. The fraction of sp³-hybridized carbons (Fsp3) is 0.500. The van der Waals surface area contributed by atoms with E-state index in [1.165, 1.54) is 11.3 Å². The molecule has 0 saturated carbocycles. The van der Waals surface area contributed by atoms with E-state index < -0.39 is 10.0 Å². The number of thiophene rings is 1. The van der Waals surface area contributed by atoms with E-state index >= 15 is 0 Å². The molecule has 1 fully saturated rings. The third-order valence-electron chi connectivity index (χ3n) is 5.33. The van der Waals surface area contributed by atoms with Gasteiger partial charge in [0, 0.05) is 41.9 Å². The van der Waals surface area contributed by atoms with Crippen LogP contribution in [0.5, 0.6) is 0 Å². The van der Waals surface area contributed by atoms with Crippen LogP contribution >= 0.6 is 11.3 Å². The maximum atomic E-state index is 12.8. The van der Waals surface area contributed by atoms with Gasteiger partial charge in [0.1, 0.15) is 4.21 Å². The average Bonchev–Trinajstić information content (AvgIpc) is 3.19. The number of piperidine rings is 1. The zero-order valence-corrected chi connectivity index (χ0v) is 19.6. The molecule has 0 unspecified atom stereocenters. The quantitative estimate of drug-likeness (QED) is 0.651. The van der Waals surface area contributed by atoms with Gasteiger partial charge >= 0.3 is 0 Å². The Morgan fingerprint density at radius 3 is 2.37 bits per heavy atom. The molecule has 0 bridgehead atoms. The maximum Gasteiger partial charge on any atom is 0.252 e. The van der Waals surface area contributed by atoms with Gasteiger partial charge in [-0.3, -0.25) is 4.79 Å². The summed E-state index contributed by atoms with van der Waals surface area (Å²) in [5.74, 6) is -0.150. The van der Waals surface area contributed by atoms with Crippen molar-refractivity contribution in [3.8, 4) is 0 Å². The molecule has 6 nitrogen and oxygen atoms in total. The number of sulfonamides is 1. The van der Waals surface area contributed by atoms with E-state index in [4.69, 9.17) is 0 Å². The topological polar surface area (TPSA) is 69.7 Å². The van der Waals surface area contributed by atoms with Crippen molar-refractivity contribution in [1.29, 1.82) is 0 Å². The highest BCUT2D eigenvalue weighted by molar-refractivity contribution is 7.91. The zero-order chi connectivity index (χ0) is 21.7. The molecule has 30 heavy (non-hydrogen) atoms. The lowest BCUT2D eigenvalue weighted by Crippen LogP contribution is -2.35. The predicted octanol–water partition coefficient (Wildman–Crippen LogP) is 4.34. The second kappa shape index (κ2) is 9.94. The van der Waals surface area contributed by atoms with Crippen LogP contribution < -0.4 is 10.2 Å². The van der Waals surface area contributed by atoms with Crippen LogP contribution in [0.15, 0.2) is 40.6 Å². The molecule has 0 spiro atoms. The number of carbonyl (C=O) groups excluding carboxylic acids is 1. The molecule has 164 valence electrons. The lowest BCUT2D eigenvalue weighted by atomic mass is 10.2. The molecular formula is C22H31N3O3S2. The molecule has 1 saturated heterocycles. The zero-order valence-electron chi connectivity index (χ0n) is 17.9. The molecule has 2 aromatic rings. The molecule has 0 radical (unpaired) electrons. The molecule has 0 aliphatic carbocycles. The van der Waals surface area contributed by atoms with Crippen molar-refractivity contribution < 1.29 is 13.2 Å². The van der Waals surface area contributed by atoms with Crippen molar-refractivity contribution in [2.75, 3.05) is 29.9 Å². The largest absolute Gasteiger partial charge is 0.369 e. The molecule has 1 aromatic heterocycles. The van der Waals surface area contributed by atoms with Crippen LogP contribution in [-0.2, 0) is 21.2 Å². The van der Waals surface area contributed by atoms with Crippen molar-refractivity contribution in [3.05, 3.63) is 41.3 Å². The first kappa shape index (κ1) is 22.8. The molecule has 1 aliphatic heterocycles. The first-order valence-electron chi connectivity index (χ1n) is 10.6. The summed E-state index contributed by atoms with van der Waals surface area (Å²) in [6, 6.07) is 11.6. The van der Waals surface area contributed by atoms with Gasteiger partial charge in [-0.15, -0.1) is 11.3 Å². The van der Waals surface area contributed by atoms with Gasteiger partial charge in [0.15, 0.2) is 0 Å². The van der Waals surface area contributed by atoms with E-state index in [2.05, 4.69) is 31.0 Å². The number of anilines is 2. The fourth-order valence-corrected chi connectivity index (χ4v) is 6.80. The molecule has 8 heteroatoms. The Kier molecular flexibility index (Phi) is 7.55. The Morgan fingerprint density at radius 1 is 1.10 bits per heavy atom. The van der Waals surface area contributed by atoms with E-state index in [1.807, 2.05) is 24.3 Å². The number of hydrogen-bond donors (Lipinski definition) is 1. The second-order valence-electron chi connectivity index (χ2n) is 7.84. The van der Waals surface area contributed by atoms with Crippen molar-refractivity contribution in [3.63, 3.8) is 0 Å². The van der Waals surface area contributed by atoms with E-state index in [9.17, 15) is 13.2 Å². The molecule has 1 aliphatic rings. The normalized spacial score (nSPS) is 15.3. The van der Waals surface area contributed by atoms with Crippen molar-refractivity contribution >= 4 is 38.6 Å². The van der Waals surface area contributed by atoms with Crippen LogP contribution in [0.2, 0.25) is 0 Å². The highest BCUT2D eigenvalue weighted by atomic mass is 32.2. The summed E-state index contributed by atoms with van der Waals surface area (Å²) < 4.78 is 27.4. The molecule has 1 aromatic carbocycles. The SMILES string of the molecule is CCN(c1ccc(NC(=O)Cc2ccc(S(=O)(=O)N3CCCCC3)s2)cc1)C(C)C. The van der Waals surface area contributed by atoms with Crippen LogP contribution in [-0.4, -0.2) is 44.3 Å². The number of hydrogen-bond acceptors (Lipinski definition) is 5. The summed E-state index contributed by atoms with van der Waals surface area (Å²) in [6.45, 7) is 8.51. The monoisotopic (exact) mass is 449 g/mol. The summed E-state index contributed by atoms with van der Waals surface area (Å²) in [5, 5.41) is 2.90. The Morgan fingerprint density at radius 2 is 1.77 bits per heavy atom. The minimum Gasteiger partial charge on any atom is -0.369 e. The third kappa shape index (κ3) is 5.42. The van der Waals surface area contributed by atoms with Gasteiger partial charge in [0.05, 0.1) is 6.42 Å². The number of nitrogens with one attached hydrogen (secondary N) is 1. The van der Waals surface area contributed by atoms with Gasteiger partial charge in [-0.2, -0.15) is 4.31 Å². The standard InChI is InChI=1S/C22H31N3O3S2/c1-4-25(17(2)3)19-10-8-18(9-11-19)23-21(26)16-20-12-13-22(29-20)30(27,28)24-14-6-5-7-15-24/h8-13,17H,4-7,14-16H2,1-3H3,(H,23,26). The van der Waals surface area contributed by atoms with Gasteiger partial charge in [-0.25, -0.2) is 8.42 Å². The van der Waals surface area contributed by atoms with Gasteiger partial charge in [0.25, 0.3) is 10.0 Å². The third-order valence-corrected chi connectivity index (χ3v) is 8.78. The van der Waals surface area contributed by atoms with E-state index in [0.29, 0.717) is 23.3 Å². The van der Waals surface area contributed by atoms with Crippen molar-refractivity contribution in [2.24, 2.45) is 0 Å². The maximum absolute atomic E-state index is 12.8. The van der Waals surface area contributed by atoms with Crippen molar-refractivity contribution in [1.82, 2.24) is 4.31 Å². The molecular weight excluding hydrogens is 418 g/mol. The fourth-order valence-electron chi connectivity index (χ4n) is 3.77. The van der Waals surface area contributed by atoms with Gasteiger partial charge in [-0.05, 0) is 70.0 Å². The first-order chi connectivity index (χ1) is 14.3. The molecule has 0 atom stereocenters. The summed E-state index contributed by atoms with van der Waals surface area (Å²) in [5.41, 5.74) is 1.86. The summed E-state index contributed by atoms with van der Waals surface area (Å²) in [7, 11) is -3.44. The smallest absolute Gasteiger partial charge is 0.252 e. The average molecular weight is 450 g/mol. The Hall–Kier alpha value is -1.90. The summed E-state index contributed by atoms with van der Waals surface area (Å²) in [6.07, 6.45) is 3.06. The molecule has 3 rings (SSSR count).